The van der Waals surface area contributed by atoms with Gasteiger partial charge in [-0.1, -0.05) is 123 Å². The molecule has 0 unspecified atom stereocenters. The van der Waals surface area contributed by atoms with Crippen molar-refractivity contribution in [3.8, 4) is 33.1 Å². The van der Waals surface area contributed by atoms with Crippen LogP contribution in [0.5, 0.6) is 11.5 Å². The molecule has 0 N–H and O–H groups in total. The maximum absolute atomic E-state index is 6.75. The minimum Gasteiger partial charge on any atom is -0.493 e. The fraction of sp³-hybridized carbons (Fsp3) is 0.478. The summed E-state index contributed by atoms with van der Waals surface area (Å²) in [7, 11) is 0. The predicted octanol–water partition coefficient (Wildman–Crippen LogP) is 14.1. The monoisotopic (exact) mass is 674 g/mol. The van der Waals surface area contributed by atoms with E-state index in [1.165, 1.54) is 109 Å². The molecule has 6 rings (SSSR count). The summed E-state index contributed by atoms with van der Waals surface area (Å²) in [4.78, 5) is 2.86. The van der Waals surface area contributed by atoms with Crippen molar-refractivity contribution in [1.82, 2.24) is 0 Å². The van der Waals surface area contributed by atoms with Gasteiger partial charge in [0.2, 0.25) is 0 Å². The maximum Gasteiger partial charge on any atom is 0.127 e. The zero-order valence-electron chi connectivity index (χ0n) is 31.7. The van der Waals surface area contributed by atoms with Gasteiger partial charge in [-0.05, 0) is 112 Å². The Kier molecular flexibility index (Phi) is 10.5. The molecule has 0 amide bonds. The fourth-order valence-corrected chi connectivity index (χ4v) is 9.22. The molecule has 1 heterocycles. The largest absolute Gasteiger partial charge is 0.493 e. The molecule has 0 radical (unpaired) electrons. The molecule has 0 spiro atoms. The van der Waals surface area contributed by atoms with Gasteiger partial charge in [0.25, 0.3) is 0 Å². The number of ether oxygens (including phenoxy) is 2. The van der Waals surface area contributed by atoms with Crippen molar-refractivity contribution in [3.63, 3.8) is 0 Å². The van der Waals surface area contributed by atoms with E-state index in [1.54, 1.807) is 0 Å². The lowest BCUT2D eigenvalue weighted by Crippen LogP contribution is -2.32. The van der Waals surface area contributed by atoms with Crippen molar-refractivity contribution in [3.05, 3.63) is 81.7 Å². The van der Waals surface area contributed by atoms with Gasteiger partial charge < -0.3 is 9.47 Å². The molecule has 0 saturated carbocycles. The lowest BCUT2D eigenvalue weighted by Gasteiger charge is -2.38. The third-order valence-corrected chi connectivity index (χ3v) is 12.6. The number of rotatable bonds is 14. The van der Waals surface area contributed by atoms with Crippen LogP contribution in [0, 0.1) is 13.8 Å². The van der Waals surface area contributed by atoms with Crippen LogP contribution in [0.1, 0.15) is 127 Å². The first-order valence-electron chi connectivity index (χ1n) is 19.0. The highest BCUT2D eigenvalue weighted by atomic mass is 32.1. The van der Waals surface area contributed by atoms with Crippen LogP contribution in [-0.2, 0) is 17.3 Å². The third-order valence-electron chi connectivity index (χ3n) is 10.7. The molecule has 49 heavy (non-hydrogen) atoms. The second-order valence-corrected chi connectivity index (χ2v) is 17.2. The van der Waals surface area contributed by atoms with Gasteiger partial charge in [0.05, 0.1) is 13.2 Å². The fourth-order valence-electron chi connectivity index (χ4n) is 7.85. The Morgan fingerprint density at radius 2 is 1.27 bits per heavy atom. The number of hydrogen-bond donors (Lipinski definition) is 0. The summed E-state index contributed by atoms with van der Waals surface area (Å²) in [5, 5.41) is 5.02. The molecule has 1 aromatic heterocycles. The van der Waals surface area contributed by atoms with Crippen LogP contribution in [0.25, 0.3) is 43.1 Å². The van der Waals surface area contributed by atoms with Crippen LogP contribution in [0.15, 0.2) is 54.6 Å². The first-order valence-corrected chi connectivity index (χ1v) is 19.8. The van der Waals surface area contributed by atoms with E-state index >= 15 is 0 Å². The van der Waals surface area contributed by atoms with Crippen LogP contribution in [-0.4, -0.2) is 13.2 Å². The molecular formula is C46H58O2S. The predicted molar refractivity (Wildman–Crippen MR) is 214 cm³/mol. The van der Waals surface area contributed by atoms with Gasteiger partial charge in [0.1, 0.15) is 11.5 Å². The molecule has 1 aliphatic carbocycles. The lowest BCUT2D eigenvalue weighted by atomic mass is 9.66. The molecule has 4 aromatic carbocycles. The summed E-state index contributed by atoms with van der Waals surface area (Å²) in [6, 6.07) is 21.0. The first kappa shape index (κ1) is 35.5. The summed E-state index contributed by atoms with van der Waals surface area (Å²) in [5.74, 6) is 1.93. The van der Waals surface area contributed by atoms with E-state index in [0.717, 1.165) is 44.0 Å². The Bertz CT molecular complexity index is 1950. The SMILES string of the molecule is CCCCCCOc1ccc2cc(-c3sc(C(C)(C)C)c(C)c3C)ccc2c1-c1c(OCCCCCC)ccc2cc3c(cc12)CC3(C)C. The Morgan fingerprint density at radius 3 is 1.82 bits per heavy atom. The zero-order valence-corrected chi connectivity index (χ0v) is 32.5. The second kappa shape index (κ2) is 14.5. The zero-order chi connectivity index (χ0) is 34.9. The Hall–Kier alpha value is -3.30. The minimum absolute atomic E-state index is 0.128. The van der Waals surface area contributed by atoms with Gasteiger partial charge in [-0.25, -0.2) is 0 Å². The smallest absolute Gasteiger partial charge is 0.127 e. The number of hydrogen-bond acceptors (Lipinski definition) is 3. The average molecular weight is 675 g/mol. The van der Waals surface area contributed by atoms with E-state index in [4.69, 9.17) is 9.47 Å². The summed E-state index contributed by atoms with van der Waals surface area (Å²) in [6.45, 7) is 22.3. The van der Waals surface area contributed by atoms with E-state index in [-0.39, 0.29) is 10.8 Å². The molecular weight excluding hydrogens is 617 g/mol. The number of benzene rings is 4. The summed E-state index contributed by atoms with van der Waals surface area (Å²) in [6.07, 6.45) is 10.6. The number of fused-ring (bicyclic) bond motifs is 3. The second-order valence-electron chi connectivity index (χ2n) is 16.2. The van der Waals surface area contributed by atoms with Crippen LogP contribution >= 0.6 is 11.3 Å². The maximum atomic E-state index is 6.75. The molecule has 5 aromatic rings. The standard InChI is InChI=1S/C46H58O2S/c1-10-12-14-16-24-47-39-22-19-32-26-34(43-30(3)31(4)44(49-43)45(5,6)7)18-21-36(32)41(39)42-37-27-35-29-46(8,9)38(35)28-33(37)20-23-40(42)48-25-17-15-13-11-2/h18-23,26-28H,10-17,24-25,29H2,1-9H3. The van der Waals surface area contributed by atoms with E-state index in [2.05, 4.69) is 117 Å². The van der Waals surface area contributed by atoms with Gasteiger partial charge in [-0.2, -0.15) is 0 Å². The van der Waals surface area contributed by atoms with Crippen LogP contribution < -0.4 is 9.47 Å². The minimum atomic E-state index is 0.128. The van der Waals surface area contributed by atoms with Crippen LogP contribution in [0.2, 0.25) is 0 Å². The van der Waals surface area contributed by atoms with Crippen LogP contribution in [0.3, 0.4) is 0 Å². The van der Waals surface area contributed by atoms with E-state index in [0.29, 0.717) is 0 Å². The highest BCUT2D eigenvalue weighted by Gasteiger charge is 2.34. The molecule has 0 saturated heterocycles. The summed E-state index contributed by atoms with van der Waals surface area (Å²) in [5.41, 5.74) is 9.76. The Labute approximate surface area is 300 Å². The number of thiophene rings is 1. The van der Waals surface area contributed by atoms with Gasteiger partial charge >= 0.3 is 0 Å². The van der Waals surface area contributed by atoms with Gasteiger partial charge in [-0.3, -0.25) is 0 Å². The van der Waals surface area contributed by atoms with E-state index in [9.17, 15) is 0 Å². The molecule has 0 fully saturated rings. The first-order chi connectivity index (χ1) is 23.4. The average Bonchev–Trinajstić information content (AvgIpc) is 3.37. The quantitative estimate of drug-likeness (QED) is 0.109. The normalized spacial score (nSPS) is 13.9. The third kappa shape index (κ3) is 7.16. The molecule has 260 valence electrons. The molecule has 0 aliphatic heterocycles. The van der Waals surface area contributed by atoms with Crippen molar-refractivity contribution < 1.29 is 9.47 Å². The van der Waals surface area contributed by atoms with Crippen molar-refractivity contribution >= 4 is 32.9 Å². The molecule has 1 aliphatic rings. The van der Waals surface area contributed by atoms with Crippen molar-refractivity contribution in [2.45, 2.75) is 131 Å². The topological polar surface area (TPSA) is 18.5 Å². The van der Waals surface area contributed by atoms with Crippen molar-refractivity contribution in [2.24, 2.45) is 0 Å². The van der Waals surface area contributed by atoms with E-state index in [1.807, 2.05) is 11.3 Å². The molecule has 3 heteroatoms. The van der Waals surface area contributed by atoms with Crippen molar-refractivity contribution in [1.29, 1.82) is 0 Å². The molecule has 0 atom stereocenters. The summed E-state index contributed by atoms with van der Waals surface area (Å²) >= 11 is 1.96. The lowest BCUT2D eigenvalue weighted by molar-refractivity contribution is 0.302. The van der Waals surface area contributed by atoms with Gasteiger partial charge in [-0.15, -0.1) is 11.3 Å². The molecule has 0 bridgehead atoms. The Balaban J connectivity index is 1.54. The van der Waals surface area contributed by atoms with Gasteiger partial charge in [0, 0.05) is 20.9 Å². The van der Waals surface area contributed by atoms with Crippen molar-refractivity contribution in [2.75, 3.05) is 13.2 Å². The Morgan fingerprint density at radius 1 is 0.673 bits per heavy atom. The molecule has 2 nitrogen and oxygen atoms in total. The van der Waals surface area contributed by atoms with E-state index < -0.39 is 0 Å². The van der Waals surface area contributed by atoms with Gasteiger partial charge in [0.15, 0.2) is 0 Å². The highest BCUT2D eigenvalue weighted by Crippen LogP contribution is 2.50. The summed E-state index contributed by atoms with van der Waals surface area (Å²) < 4.78 is 13.5. The number of unbranched alkanes of at least 4 members (excludes halogenated alkanes) is 6. The van der Waals surface area contributed by atoms with Crippen LogP contribution in [0.4, 0.5) is 0 Å². The highest BCUT2D eigenvalue weighted by molar-refractivity contribution is 7.16.